The molecule has 0 aliphatic rings. The van der Waals surface area contributed by atoms with Crippen molar-refractivity contribution >= 4 is 0 Å². The van der Waals surface area contributed by atoms with Crippen LogP contribution in [0.1, 0.15) is 37.7 Å². The fourth-order valence-electron chi connectivity index (χ4n) is 2.65. The average Bonchev–Trinajstić information content (AvgIpc) is 2.60. The number of methoxy groups -OCH3 is 1. The van der Waals surface area contributed by atoms with Crippen LogP contribution in [0.4, 0.5) is 0 Å². The normalized spacial score (nSPS) is 10.8. The van der Waals surface area contributed by atoms with Gasteiger partial charge < -0.3 is 4.74 Å². The topological polar surface area (TPSA) is 101 Å². The van der Waals surface area contributed by atoms with Gasteiger partial charge in [-0.1, -0.05) is 32.9 Å². The minimum absolute atomic E-state index is 0.000789. The van der Waals surface area contributed by atoms with Crippen molar-refractivity contribution in [1.29, 1.82) is 10.5 Å². The van der Waals surface area contributed by atoms with Gasteiger partial charge in [0.05, 0.1) is 13.7 Å². The molecule has 0 saturated carbocycles. The first kappa shape index (κ1) is 19.0. The number of nitrogens with zero attached hydrogens (tertiary/aromatic N) is 4. The van der Waals surface area contributed by atoms with Crippen LogP contribution in [0.3, 0.4) is 0 Å². The molecule has 0 saturated heterocycles. The monoisotopic (exact) mass is 352 g/mol. The van der Waals surface area contributed by atoms with Crippen molar-refractivity contribution in [3.63, 3.8) is 0 Å². The molecule has 2 rings (SSSR count). The van der Waals surface area contributed by atoms with Gasteiger partial charge in [0.25, 0.3) is 0 Å². The summed E-state index contributed by atoms with van der Waals surface area (Å²) in [6.07, 6.45) is 0. The van der Waals surface area contributed by atoms with Crippen LogP contribution >= 0.6 is 0 Å². The molecule has 0 amide bonds. The molecule has 1 aromatic heterocycles. The Kier molecular flexibility index (Phi) is 5.33. The van der Waals surface area contributed by atoms with Gasteiger partial charge in [0.15, 0.2) is 11.4 Å². The van der Waals surface area contributed by atoms with Crippen LogP contribution in [0, 0.1) is 28.1 Å². The number of aromatic nitrogens is 2. The molecule has 0 bridgehead atoms. The van der Waals surface area contributed by atoms with Gasteiger partial charge in [-0.05, 0) is 23.1 Å². The molecule has 0 unspecified atom stereocenters. The Balaban J connectivity index is 2.70. The highest BCUT2D eigenvalue weighted by atomic mass is 16.5. The highest BCUT2D eigenvalue weighted by Gasteiger charge is 2.22. The van der Waals surface area contributed by atoms with Crippen molar-refractivity contribution in [2.75, 3.05) is 7.11 Å². The molecule has 1 aromatic carbocycles. The Morgan fingerprint density at radius 2 is 1.62 bits per heavy atom. The van der Waals surface area contributed by atoms with Gasteiger partial charge in [-0.2, -0.15) is 10.5 Å². The van der Waals surface area contributed by atoms with E-state index in [2.05, 4.69) is 0 Å². The van der Waals surface area contributed by atoms with Crippen LogP contribution in [0.5, 0.6) is 5.75 Å². The van der Waals surface area contributed by atoms with Gasteiger partial charge in [0.1, 0.15) is 17.9 Å². The van der Waals surface area contributed by atoms with E-state index in [4.69, 9.17) is 4.74 Å². The highest BCUT2D eigenvalue weighted by Crippen LogP contribution is 2.18. The number of hydrogen-bond donors (Lipinski definition) is 0. The second kappa shape index (κ2) is 7.28. The maximum Gasteiger partial charge on any atom is 0.317 e. The van der Waals surface area contributed by atoms with E-state index in [0.29, 0.717) is 11.3 Å². The summed E-state index contributed by atoms with van der Waals surface area (Å²) in [6.45, 7) is 5.81. The average molecular weight is 352 g/mol. The molecule has 1 heterocycles. The summed E-state index contributed by atoms with van der Waals surface area (Å²) in [5.74, 6) is 0.593. The predicted molar refractivity (Wildman–Crippen MR) is 95.9 cm³/mol. The fourth-order valence-corrected chi connectivity index (χ4v) is 2.65. The van der Waals surface area contributed by atoms with Crippen molar-refractivity contribution in [2.24, 2.45) is 5.41 Å². The molecule has 2 aromatic rings. The first-order valence-electron chi connectivity index (χ1n) is 8.02. The Morgan fingerprint density at radius 3 is 2.15 bits per heavy atom. The number of benzene rings is 1. The smallest absolute Gasteiger partial charge is 0.317 e. The zero-order valence-corrected chi connectivity index (χ0v) is 15.2. The second-order valence-corrected chi connectivity index (χ2v) is 7.12. The molecule has 0 aliphatic carbocycles. The molecule has 0 spiro atoms. The summed E-state index contributed by atoms with van der Waals surface area (Å²) in [5, 5.41) is 19.1. The second-order valence-electron chi connectivity index (χ2n) is 7.12. The minimum atomic E-state index is -0.826. The number of nitriles is 2. The summed E-state index contributed by atoms with van der Waals surface area (Å²) < 4.78 is 7.30. The summed E-state index contributed by atoms with van der Waals surface area (Å²) in [5.41, 5.74) is -1.52. The summed E-state index contributed by atoms with van der Waals surface area (Å²) in [7, 11) is 1.52. The van der Waals surface area contributed by atoms with Crippen LogP contribution in [0.25, 0.3) is 0 Å². The van der Waals surface area contributed by atoms with Crippen molar-refractivity contribution in [3.8, 4) is 17.9 Å². The third-order valence-electron chi connectivity index (χ3n) is 3.76. The summed E-state index contributed by atoms with van der Waals surface area (Å²) in [4.78, 5) is 25.2. The zero-order valence-electron chi connectivity index (χ0n) is 15.2. The molecule has 0 atom stereocenters. The quantitative estimate of drug-likeness (QED) is 0.782. The van der Waals surface area contributed by atoms with Crippen LogP contribution in [-0.2, 0) is 13.1 Å². The van der Waals surface area contributed by atoms with Gasteiger partial charge in [0, 0.05) is 6.54 Å². The van der Waals surface area contributed by atoms with E-state index in [-0.39, 0.29) is 29.9 Å². The molecule has 7 heteroatoms. The highest BCUT2D eigenvalue weighted by molar-refractivity contribution is 5.38. The van der Waals surface area contributed by atoms with E-state index in [9.17, 15) is 20.1 Å². The number of hydrogen-bond acceptors (Lipinski definition) is 5. The van der Waals surface area contributed by atoms with Gasteiger partial charge in [-0.15, -0.1) is 0 Å². The van der Waals surface area contributed by atoms with E-state index < -0.39 is 11.1 Å². The maximum absolute atomic E-state index is 12.6. The minimum Gasteiger partial charge on any atom is -0.497 e. The molecule has 7 nitrogen and oxygen atoms in total. The van der Waals surface area contributed by atoms with Crippen LogP contribution in [0.15, 0.2) is 33.9 Å². The van der Waals surface area contributed by atoms with Crippen LogP contribution in [0.2, 0.25) is 0 Å². The van der Waals surface area contributed by atoms with Crippen LogP contribution in [-0.4, -0.2) is 16.2 Å². The third kappa shape index (κ3) is 3.84. The molecule has 134 valence electrons. The Bertz CT molecular complexity index is 1030. The fraction of sp³-hybridized carbons (Fsp3) is 0.368. The summed E-state index contributed by atoms with van der Waals surface area (Å²) >= 11 is 0. The van der Waals surface area contributed by atoms with E-state index in [1.165, 1.54) is 7.11 Å². The van der Waals surface area contributed by atoms with E-state index in [1.807, 2.05) is 32.9 Å². The largest absolute Gasteiger partial charge is 0.497 e. The molecule has 0 radical (unpaired) electrons. The van der Waals surface area contributed by atoms with Crippen molar-refractivity contribution in [3.05, 3.63) is 61.9 Å². The molecule has 0 aliphatic heterocycles. The molecular weight excluding hydrogens is 332 g/mol. The molecule has 26 heavy (non-hydrogen) atoms. The molecule has 0 fully saturated rings. The Labute approximate surface area is 151 Å². The van der Waals surface area contributed by atoms with E-state index in [1.54, 1.807) is 24.3 Å². The lowest BCUT2D eigenvalue weighted by Crippen LogP contribution is -2.45. The molecular formula is C19H20N4O3. The lowest BCUT2D eigenvalue weighted by atomic mass is 9.96. The summed E-state index contributed by atoms with van der Waals surface area (Å²) in [6, 6.07) is 10.8. The van der Waals surface area contributed by atoms with Gasteiger partial charge in [0.2, 0.25) is 0 Å². The van der Waals surface area contributed by atoms with Gasteiger partial charge in [-0.3, -0.25) is 18.7 Å². The van der Waals surface area contributed by atoms with E-state index in [0.717, 1.165) is 9.13 Å². The third-order valence-corrected chi connectivity index (χ3v) is 3.76. The first-order chi connectivity index (χ1) is 12.2. The predicted octanol–water partition coefficient (Wildman–Crippen LogP) is 1.86. The van der Waals surface area contributed by atoms with E-state index >= 15 is 0 Å². The van der Waals surface area contributed by atoms with Gasteiger partial charge >= 0.3 is 11.1 Å². The SMILES string of the molecule is COc1cccc(Cn2c(C#N)c(C#N)n(CC(C)(C)C)c(=O)c2=O)c1. The van der Waals surface area contributed by atoms with Crippen molar-refractivity contribution in [2.45, 2.75) is 33.9 Å². The maximum atomic E-state index is 12.6. The zero-order chi connectivity index (χ0) is 19.5. The van der Waals surface area contributed by atoms with Crippen molar-refractivity contribution in [1.82, 2.24) is 9.13 Å². The van der Waals surface area contributed by atoms with Crippen molar-refractivity contribution < 1.29 is 4.74 Å². The molecule has 0 N–H and O–H groups in total. The number of rotatable bonds is 4. The Morgan fingerprint density at radius 1 is 1.04 bits per heavy atom. The lowest BCUT2D eigenvalue weighted by molar-refractivity contribution is 0.333. The standard InChI is InChI=1S/C19H20N4O3/c1-19(2,3)12-23-16(10-21)15(9-20)22(17(24)18(23)25)11-13-6-5-7-14(8-13)26-4/h5-8H,11-12H2,1-4H3. The number of ether oxygens (including phenoxy) is 1. The van der Waals surface area contributed by atoms with Crippen LogP contribution < -0.4 is 15.9 Å². The first-order valence-corrected chi connectivity index (χ1v) is 8.02. The Hall–Kier alpha value is -3.32. The van der Waals surface area contributed by atoms with Gasteiger partial charge in [-0.25, -0.2) is 0 Å². The lowest BCUT2D eigenvalue weighted by Gasteiger charge is -2.22.